The second-order valence-electron chi connectivity index (χ2n) is 7.08. The van der Waals surface area contributed by atoms with Gasteiger partial charge in [-0.15, -0.1) is 0 Å². The highest BCUT2D eigenvalue weighted by Crippen LogP contribution is 2.35. The first-order chi connectivity index (χ1) is 10.9. The number of aliphatic imine (C=N–C) groups is 1. The van der Waals surface area contributed by atoms with Crippen molar-refractivity contribution in [1.29, 1.82) is 0 Å². The zero-order valence-electron chi connectivity index (χ0n) is 14.4. The normalized spacial score (nSPS) is 21.5. The van der Waals surface area contributed by atoms with Gasteiger partial charge in [0.15, 0.2) is 5.78 Å². The summed E-state index contributed by atoms with van der Waals surface area (Å²) in [5.74, 6) is 0.247. The molecule has 2 rings (SSSR count). The number of carbonyl (C=O) groups is 1. The average molecular weight is 313 g/mol. The number of Topliss-reactive ketones (excluding diaryl/α,β-unsaturated/α-hetero) is 1. The number of ketones is 1. The molecule has 1 aromatic carbocycles. The number of rotatable bonds is 5. The third kappa shape index (κ3) is 4.78. The molecule has 23 heavy (non-hydrogen) atoms. The Hall–Kier alpha value is -1.90. The van der Waals surface area contributed by atoms with Crippen molar-refractivity contribution in [3.8, 4) is 0 Å². The SMILES string of the molecule is CCC/C(O)=C1\C(=O)CC(C)(C)CC1=NCCc1ccccc1. The summed E-state index contributed by atoms with van der Waals surface area (Å²) < 4.78 is 0. The molecule has 0 aromatic heterocycles. The van der Waals surface area contributed by atoms with E-state index in [0.29, 0.717) is 25.0 Å². The van der Waals surface area contributed by atoms with Crippen molar-refractivity contribution in [1.82, 2.24) is 0 Å². The maximum absolute atomic E-state index is 12.5. The highest BCUT2D eigenvalue weighted by molar-refractivity contribution is 6.24. The van der Waals surface area contributed by atoms with E-state index in [0.717, 1.165) is 25.0 Å². The molecular weight excluding hydrogens is 286 g/mol. The van der Waals surface area contributed by atoms with E-state index in [1.807, 2.05) is 25.1 Å². The van der Waals surface area contributed by atoms with Crippen molar-refractivity contribution in [2.24, 2.45) is 10.4 Å². The van der Waals surface area contributed by atoms with Crippen LogP contribution in [0, 0.1) is 5.41 Å². The predicted molar refractivity (Wildman–Crippen MR) is 95.0 cm³/mol. The van der Waals surface area contributed by atoms with Crippen molar-refractivity contribution in [3.05, 3.63) is 47.2 Å². The maximum atomic E-state index is 12.5. The van der Waals surface area contributed by atoms with Gasteiger partial charge in [-0.1, -0.05) is 51.1 Å². The van der Waals surface area contributed by atoms with Gasteiger partial charge in [0.2, 0.25) is 0 Å². The Labute approximate surface area is 139 Å². The minimum atomic E-state index is -0.0847. The Morgan fingerprint density at radius 3 is 2.57 bits per heavy atom. The van der Waals surface area contributed by atoms with Gasteiger partial charge in [0, 0.05) is 25.1 Å². The first kappa shape index (κ1) is 17.5. The lowest BCUT2D eigenvalue weighted by Gasteiger charge is -2.31. The fourth-order valence-corrected chi connectivity index (χ4v) is 3.08. The quantitative estimate of drug-likeness (QED) is 0.634. The van der Waals surface area contributed by atoms with Gasteiger partial charge >= 0.3 is 0 Å². The Kier molecular flexibility index (Phi) is 5.75. The Morgan fingerprint density at radius 1 is 1.22 bits per heavy atom. The third-order valence-corrected chi connectivity index (χ3v) is 4.17. The van der Waals surface area contributed by atoms with Crippen LogP contribution in [0.5, 0.6) is 0 Å². The molecule has 124 valence electrons. The minimum absolute atomic E-state index is 0.0330. The third-order valence-electron chi connectivity index (χ3n) is 4.17. The molecule has 1 saturated carbocycles. The van der Waals surface area contributed by atoms with Gasteiger partial charge < -0.3 is 5.11 Å². The van der Waals surface area contributed by atoms with Crippen LogP contribution in [0.4, 0.5) is 0 Å². The highest BCUT2D eigenvalue weighted by Gasteiger charge is 2.35. The standard InChI is InChI=1S/C20H27NO2/c1-4-8-17(22)19-16(13-20(2,3)14-18(19)23)21-12-11-15-9-6-5-7-10-15/h5-7,9-10,22H,4,8,11-14H2,1-3H3/b19-17+,21-16?. The number of hydrogen-bond acceptors (Lipinski definition) is 3. The number of aliphatic hydroxyl groups excluding tert-OH is 1. The van der Waals surface area contributed by atoms with Crippen LogP contribution in [-0.2, 0) is 11.2 Å². The molecule has 0 saturated heterocycles. The molecule has 0 spiro atoms. The molecule has 3 heteroatoms. The molecule has 1 N–H and O–H groups in total. The van der Waals surface area contributed by atoms with Crippen LogP contribution in [0.3, 0.4) is 0 Å². The number of nitrogens with zero attached hydrogens (tertiary/aromatic N) is 1. The van der Waals surface area contributed by atoms with Gasteiger partial charge in [0.1, 0.15) is 5.76 Å². The summed E-state index contributed by atoms with van der Waals surface area (Å²) >= 11 is 0. The number of carbonyl (C=O) groups excluding carboxylic acids is 1. The smallest absolute Gasteiger partial charge is 0.168 e. The summed E-state index contributed by atoms with van der Waals surface area (Å²) in [4.78, 5) is 17.2. The van der Waals surface area contributed by atoms with Crippen molar-refractivity contribution >= 4 is 11.5 Å². The Bertz CT molecular complexity index is 612. The molecule has 1 fully saturated rings. The van der Waals surface area contributed by atoms with Gasteiger partial charge in [-0.2, -0.15) is 0 Å². The zero-order chi connectivity index (χ0) is 16.9. The fraction of sp³-hybridized carbons (Fsp3) is 0.500. The molecular formula is C20H27NO2. The zero-order valence-corrected chi connectivity index (χ0v) is 14.4. The van der Waals surface area contributed by atoms with Crippen molar-refractivity contribution in [3.63, 3.8) is 0 Å². The summed E-state index contributed by atoms with van der Waals surface area (Å²) in [6.07, 6.45) is 3.44. The molecule has 0 bridgehead atoms. The molecule has 0 amide bonds. The van der Waals surface area contributed by atoms with Gasteiger partial charge in [-0.3, -0.25) is 9.79 Å². The second-order valence-corrected chi connectivity index (χ2v) is 7.08. The largest absolute Gasteiger partial charge is 0.511 e. The minimum Gasteiger partial charge on any atom is -0.511 e. The van der Waals surface area contributed by atoms with E-state index in [1.165, 1.54) is 5.56 Å². The number of aliphatic hydroxyl groups is 1. The summed E-state index contributed by atoms with van der Waals surface area (Å²) in [5.41, 5.74) is 2.42. The predicted octanol–water partition coefficient (Wildman–Crippen LogP) is 4.67. The molecule has 3 nitrogen and oxygen atoms in total. The maximum Gasteiger partial charge on any atom is 0.168 e. The van der Waals surface area contributed by atoms with E-state index in [4.69, 9.17) is 0 Å². The summed E-state index contributed by atoms with van der Waals surface area (Å²) in [6.45, 7) is 6.82. The molecule has 0 heterocycles. The molecule has 1 aromatic rings. The number of hydrogen-bond donors (Lipinski definition) is 1. The van der Waals surface area contributed by atoms with E-state index in [2.05, 4.69) is 31.0 Å². The van der Waals surface area contributed by atoms with Crippen molar-refractivity contribution in [2.45, 2.75) is 52.9 Å². The number of allylic oxidation sites excluding steroid dienone is 2. The first-order valence-electron chi connectivity index (χ1n) is 8.46. The lowest BCUT2D eigenvalue weighted by Crippen LogP contribution is -2.33. The van der Waals surface area contributed by atoms with Gasteiger partial charge in [0.05, 0.1) is 5.57 Å². The highest BCUT2D eigenvalue weighted by atomic mass is 16.3. The van der Waals surface area contributed by atoms with E-state index in [9.17, 15) is 9.90 Å². The van der Waals surface area contributed by atoms with Crippen molar-refractivity contribution < 1.29 is 9.90 Å². The van der Waals surface area contributed by atoms with Crippen LogP contribution in [0.25, 0.3) is 0 Å². The average Bonchev–Trinajstić information content (AvgIpc) is 2.47. The summed E-state index contributed by atoms with van der Waals surface area (Å²) in [5, 5.41) is 10.3. The first-order valence-corrected chi connectivity index (χ1v) is 8.46. The summed E-state index contributed by atoms with van der Waals surface area (Å²) in [6, 6.07) is 10.2. The molecule has 0 radical (unpaired) electrons. The van der Waals surface area contributed by atoms with E-state index in [1.54, 1.807) is 0 Å². The summed E-state index contributed by atoms with van der Waals surface area (Å²) in [7, 11) is 0. The van der Waals surface area contributed by atoms with Crippen LogP contribution < -0.4 is 0 Å². The van der Waals surface area contributed by atoms with E-state index in [-0.39, 0.29) is 17.0 Å². The van der Waals surface area contributed by atoms with Gasteiger partial charge in [-0.25, -0.2) is 0 Å². The van der Waals surface area contributed by atoms with E-state index < -0.39 is 0 Å². The second kappa shape index (κ2) is 7.58. The van der Waals surface area contributed by atoms with Crippen LogP contribution in [-0.4, -0.2) is 23.1 Å². The molecule has 0 aliphatic heterocycles. The monoisotopic (exact) mass is 313 g/mol. The van der Waals surface area contributed by atoms with Crippen LogP contribution >= 0.6 is 0 Å². The van der Waals surface area contributed by atoms with Crippen molar-refractivity contribution in [2.75, 3.05) is 6.54 Å². The van der Waals surface area contributed by atoms with Gasteiger partial charge in [0.25, 0.3) is 0 Å². The topological polar surface area (TPSA) is 49.7 Å². The molecule has 1 aliphatic rings. The Morgan fingerprint density at radius 2 is 1.91 bits per heavy atom. The fourth-order valence-electron chi connectivity index (χ4n) is 3.08. The van der Waals surface area contributed by atoms with Gasteiger partial charge in [-0.05, 0) is 30.2 Å². The Balaban J connectivity index is 2.20. The van der Waals surface area contributed by atoms with Crippen LogP contribution in [0.1, 0.15) is 52.0 Å². The number of benzene rings is 1. The molecule has 0 unspecified atom stereocenters. The van der Waals surface area contributed by atoms with E-state index >= 15 is 0 Å². The molecule has 0 atom stereocenters. The lowest BCUT2D eigenvalue weighted by molar-refractivity contribution is -0.117. The van der Waals surface area contributed by atoms with Crippen LogP contribution in [0.15, 0.2) is 46.7 Å². The molecule has 1 aliphatic carbocycles. The lowest BCUT2D eigenvalue weighted by atomic mass is 9.73. The van der Waals surface area contributed by atoms with Crippen LogP contribution in [0.2, 0.25) is 0 Å².